The Bertz CT molecular complexity index is 1570. The maximum absolute atomic E-state index is 14.3. The Morgan fingerprint density at radius 3 is 2.16 bits per heavy atom. The van der Waals surface area contributed by atoms with Gasteiger partial charge >= 0.3 is 0 Å². The average molecular weight is 603 g/mol. The predicted octanol–water partition coefficient (Wildman–Crippen LogP) is 6.05. The van der Waals surface area contributed by atoms with Crippen molar-refractivity contribution in [3.63, 3.8) is 0 Å². The molecule has 10 heteroatoms. The number of anilines is 1. The molecule has 4 aromatic carbocycles. The van der Waals surface area contributed by atoms with Crippen LogP contribution in [0.15, 0.2) is 84.9 Å². The summed E-state index contributed by atoms with van der Waals surface area (Å²) in [5.74, 6) is 1.44. The summed E-state index contributed by atoms with van der Waals surface area (Å²) in [5, 5.41) is 3.53. The largest absolute Gasteiger partial charge is 0.493 e. The molecule has 1 unspecified atom stereocenters. The van der Waals surface area contributed by atoms with Gasteiger partial charge in [0, 0.05) is 23.3 Å². The second kappa shape index (κ2) is 13.4. The molecule has 1 heterocycles. The number of carbonyl (C=O) groups excluding carboxylic acids is 2. The number of rotatable bonds is 11. The van der Waals surface area contributed by atoms with Crippen molar-refractivity contribution in [1.29, 1.82) is 0 Å². The topological polar surface area (TPSA) is 95.6 Å². The molecule has 1 N–H and O–H groups in total. The molecular formula is C33H31ClN2O7. The van der Waals surface area contributed by atoms with E-state index in [1.807, 2.05) is 42.5 Å². The van der Waals surface area contributed by atoms with E-state index in [-0.39, 0.29) is 25.7 Å². The van der Waals surface area contributed by atoms with Crippen LogP contribution in [0.4, 0.5) is 5.69 Å². The minimum atomic E-state index is -1.11. The Kier molecular flexibility index (Phi) is 9.22. The number of methoxy groups -OCH3 is 3. The third-order valence-corrected chi connectivity index (χ3v) is 7.24. The van der Waals surface area contributed by atoms with Gasteiger partial charge in [-0.1, -0.05) is 54.1 Å². The molecule has 0 aromatic heterocycles. The summed E-state index contributed by atoms with van der Waals surface area (Å²) < 4.78 is 27.6. The van der Waals surface area contributed by atoms with Crippen molar-refractivity contribution in [2.45, 2.75) is 19.0 Å². The number of nitrogens with one attached hydrogen (secondary N) is 1. The molecule has 1 atom stereocenters. The summed E-state index contributed by atoms with van der Waals surface area (Å²) in [4.78, 5) is 30.0. The number of fused-ring (bicyclic) bond motifs is 1. The van der Waals surface area contributed by atoms with Crippen LogP contribution >= 0.6 is 11.6 Å². The van der Waals surface area contributed by atoms with Crippen molar-refractivity contribution in [3.05, 3.63) is 107 Å². The molecule has 0 fully saturated rings. The van der Waals surface area contributed by atoms with Gasteiger partial charge in [0.1, 0.15) is 6.04 Å². The number of amides is 2. The third kappa shape index (κ3) is 6.79. The van der Waals surface area contributed by atoms with Gasteiger partial charge in [-0.25, -0.2) is 0 Å². The van der Waals surface area contributed by atoms with Crippen LogP contribution in [-0.4, -0.2) is 44.8 Å². The lowest BCUT2D eigenvalue weighted by atomic mass is 10.00. The maximum atomic E-state index is 14.3. The highest BCUT2D eigenvalue weighted by molar-refractivity contribution is 6.30. The number of nitrogens with zero attached hydrogens (tertiary/aromatic N) is 1. The molecule has 0 radical (unpaired) electrons. The molecule has 0 bridgehead atoms. The van der Waals surface area contributed by atoms with Crippen molar-refractivity contribution in [1.82, 2.24) is 4.90 Å². The first-order valence-corrected chi connectivity index (χ1v) is 13.9. The molecule has 0 saturated carbocycles. The van der Waals surface area contributed by atoms with Gasteiger partial charge in [0.2, 0.25) is 18.4 Å². The van der Waals surface area contributed by atoms with Crippen LogP contribution in [-0.2, 0) is 22.6 Å². The number of benzene rings is 4. The average Bonchev–Trinajstić information content (AvgIpc) is 3.49. The summed E-state index contributed by atoms with van der Waals surface area (Å²) in [5.41, 5.74) is 2.55. The van der Waals surface area contributed by atoms with E-state index in [4.69, 9.17) is 35.3 Å². The highest BCUT2D eigenvalue weighted by Crippen LogP contribution is 2.42. The van der Waals surface area contributed by atoms with E-state index in [2.05, 4.69) is 5.32 Å². The predicted molar refractivity (Wildman–Crippen MR) is 162 cm³/mol. The van der Waals surface area contributed by atoms with Crippen molar-refractivity contribution in [2.24, 2.45) is 0 Å². The lowest BCUT2D eigenvalue weighted by Gasteiger charge is -2.32. The van der Waals surface area contributed by atoms with Crippen LogP contribution in [0.5, 0.6) is 28.7 Å². The van der Waals surface area contributed by atoms with E-state index in [1.54, 1.807) is 47.4 Å². The minimum absolute atomic E-state index is 0.0760. The van der Waals surface area contributed by atoms with E-state index in [0.29, 0.717) is 45.0 Å². The zero-order chi connectivity index (χ0) is 30.3. The fourth-order valence-corrected chi connectivity index (χ4v) is 5.02. The Morgan fingerprint density at radius 1 is 0.837 bits per heavy atom. The number of carbonyl (C=O) groups is 2. The summed E-state index contributed by atoms with van der Waals surface area (Å²) in [6.45, 7) is 0.225. The summed E-state index contributed by atoms with van der Waals surface area (Å²) >= 11 is 6.15. The van der Waals surface area contributed by atoms with Crippen molar-refractivity contribution < 1.29 is 33.3 Å². The third-order valence-electron chi connectivity index (χ3n) is 6.99. The molecule has 4 aromatic rings. The van der Waals surface area contributed by atoms with Crippen molar-refractivity contribution in [3.8, 4) is 28.7 Å². The molecule has 222 valence electrons. The van der Waals surface area contributed by atoms with Crippen LogP contribution < -0.4 is 29.0 Å². The second-order valence-electron chi connectivity index (χ2n) is 9.73. The fraction of sp³-hybridized carbons (Fsp3) is 0.212. The van der Waals surface area contributed by atoms with Gasteiger partial charge in [-0.05, 0) is 53.1 Å². The Labute approximate surface area is 254 Å². The van der Waals surface area contributed by atoms with Crippen molar-refractivity contribution in [2.75, 3.05) is 33.4 Å². The van der Waals surface area contributed by atoms with Gasteiger partial charge in [0.15, 0.2) is 23.0 Å². The zero-order valence-corrected chi connectivity index (χ0v) is 24.7. The SMILES string of the molecule is COc1cc(C(C(=O)Nc2ccc3c(c2)OCO3)N(Cc2ccc(Cl)cc2)C(=O)Cc2ccccc2)cc(OC)c1OC. The van der Waals surface area contributed by atoms with Gasteiger partial charge in [0.05, 0.1) is 27.8 Å². The second-order valence-corrected chi connectivity index (χ2v) is 10.2. The molecule has 43 heavy (non-hydrogen) atoms. The van der Waals surface area contributed by atoms with Crippen LogP contribution in [0.2, 0.25) is 5.02 Å². The smallest absolute Gasteiger partial charge is 0.251 e. The lowest BCUT2D eigenvalue weighted by Crippen LogP contribution is -2.41. The summed E-state index contributed by atoms with van der Waals surface area (Å²) in [6.07, 6.45) is 0.0760. The molecule has 1 aliphatic heterocycles. The Morgan fingerprint density at radius 2 is 1.51 bits per heavy atom. The van der Waals surface area contributed by atoms with Crippen molar-refractivity contribution >= 4 is 29.1 Å². The van der Waals surface area contributed by atoms with Crippen LogP contribution in [0.3, 0.4) is 0 Å². The monoisotopic (exact) mass is 602 g/mol. The molecule has 0 saturated heterocycles. The Balaban J connectivity index is 1.61. The molecule has 1 aliphatic rings. The molecule has 9 nitrogen and oxygen atoms in total. The standard InChI is InChI=1S/C33H31ClN2O7/c1-39-28-16-23(17-29(40-2)32(28)41-3)31(33(38)35-25-13-14-26-27(18-25)43-20-42-26)36(19-22-9-11-24(34)12-10-22)30(37)15-21-7-5-4-6-8-21/h4-14,16-18,31H,15,19-20H2,1-3H3,(H,35,38). The molecule has 5 rings (SSSR count). The van der Waals surface area contributed by atoms with Gasteiger partial charge in [0.25, 0.3) is 5.91 Å². The molecular weight excluding hydrogens is 572 g/mol. The lowest BCUT2D eigenvalue weighted by molar-refractivity contribution is -0.139. The normalized spacial score (nSPS) is 12.3. The van der Waals surface area contributed by atoms with Gasteiger partial charge < -0.3 is 33.9 Å². The first-order chi connectivity index (χ1) is 20.9. The molecule has 0 aliphatic carbocycles. The van der Waals surface area contributed by atoms with E-state index < -0.39 is 11.9 Å². The van der Waals surface area contributed by atoms with Crippen LogP contribution in [0.25, 0.3) is 0 Å². The number of halogens is 1. The van der Waals surface area contributed by atoms with Crippen LogP contribution in [0.1, 0.15) is 22.7 Å². The number of hydrogen-bond donors (Lipinski definition) is 1. The molecule has 2 amide bonds. The molecule has 0 spiro atoms. The number of hydrogen-bond acceptors (Lipinski definition) is 7. The maximum Gasteiger partial charge on any atom is 0.251 e. The minimum Gasteiger partial charge on any atom is -0.493 e. The highest BCUT2D eigenvalue weighted by atomic mass is 35.5. The Hall–Kier alpha value is -4.89. The number of ether oxygens (including phenoxy) is 5. The van der Waals surface area contributed by atoms with E-state index in [0.717, 1.165) is 11.1 Å². The summed E-state index contributed by atoms with van der Waals surface area (Å²) in [6, 6.07) is 23.9. The van der Waals surface area contributed by atoms with E-state index >= 15 is 0 Å². The van der Waals surface area contributed by atoms with E-state index in [9.17, 15) is 9.59 Å². The van der Waals surface area contributed by atoms with Crippen LogP contribution in [0, 0.1) is 0 Å². The quantitative estimate of drug-likeness (QED) is 0.223. The van der Waals surface area contributed by atoms with Gasteiger partial charge in [-0.2, -0.15) is 0 Å². The fourth-order valence-electron chi connectivity index (χ4n) is 4.90. The summed E-state index contributed by atoms with van der Waals surface area (Å²) in [7, 11) is 4.49. The zero-order valence-electron chi connectivity index (χ0n) is 24.0. The van der Waals surface area contributed by atoms with Gasteiger partial charge in [-0.3, -0.25) is 9.59 Å². The highest BCUT2D eigenvalue weighted by Gasteiger charge is 2.34. The van der Waals surface area contributed by atoms with E-state index in [1.165, 1.54) is 21.3 Å². The first kappa shape index (κ1) is 29.6. The first-order valence-electron chi connectivity index (χ1n) is 13.5. The van der Waals surface area contributed by atoms with Gasteiger partial charge in [-0.15, -0.1) is 0 Å².